The molecule has 28 N–H and O–H groups in total. The molecule has 2 saturated heterocycles. The molecular formula is C82H56O52. The number of cyclic esters (lactones) is 1. The lowest BCUT2D eigenvalue weighted by molar-refractivity contribution is -0.282. The van der Waals surface area contributed by atoms with Gasteiger partial charge in [-0.3, -0.25) is 0 Å². The molecule has 6 aliphatic rings. The molecule has 10 aromatic rings. The number of benzene rings is 10. The van der Waals surface area contributed by atoms with Crippen LogP contribution < -0.4 is 9.47 Å². The fourth-order valence-corrected chi connectivity index (χ4v) is 14.2. The third-order valence-corrected chi connectivity index (χ3v) is 20.7. The normalized spacial score (nSPS) is 19.7. The average Bonchev–Trinajstić information content (AvgIpc) is 1.22. The molecule has 134 heavy (non-hydrogen) atoms. The van der Waals surface area contributed by atoms with E-state index in [1.165, 1.54) is 0 Å². The molecule has 0 aliphatic carbocycles. The molecule has 0 saturated carbocycles. The number of hydrogen-bond donors (Lipinski definition) is 28. The second-order valence-electron chi connectivity index (χ2n) is 28.9. The van der Waals surface area contributed by atoms with Crippen LogP contribution in [-0.4, -0.2) is 277 Å². The summed E-state index contributed by atoms with van der Waals surface area (Å²) in [6, 6.07) is 3.48. The topological polar surface area (TPSA) is 866 Å². The number of aromatic hydroxyl groups is 28. The predicted octanol–water partition coefficient (Wildman–Crippen LogP) is 4.13. The lowest BCUT2D eigenvalue weighted by atomic mass is 9.91. The van der Waals surface area contributed by atoms with Crippen LogP contribution in [0.3, 0.4) is 0 Å². The maximum Gasteiger partial charge on any atom is 0.342 e. The van der Waals surface area contributed by atoms with Crippen molar-refractivity contribution in [1.82, 2.24) is 0 Å². The number of phenolic OH excluding ortho intramolecular Hbond substituents is 28. The van der Waals surface area contributed by atoms with Crippen LogP contribution in [0.5, 0.6) is 184 Å². The summed E-state index contributed by atoms with van der Waals surface area (Å²) in [4.78, 5) is 153. The van der Waals surface area contributed by atoms with Crippen LogP contribution in [0, 0.1) is 0 Å². The van der Waals surface area contributed by atoms with Gasteiger partial charge in [0.2, 0.25) is 70.8 Å². The zero-order valence-corrected chi connectivity index (χ0v) is 65.6. The van der Waals surface area contributed by atoms with Crippen molar-refractivity contribution in [2.45, 2.75) is 61.4 Å². The van der Waals surface area contributed by atoms with E-state index in [-0.39, 0.29) is 36.4 Å². The monoisotopic (exact) mass is 1870 g/mol. The number of fused-ring (bicyclic) bond motifs is 7. The van der Waals surface area contributed by atoms with Gasteiger partial charge in [0.15, 0.2) is 162 Å². The number of carbonyl (C=O) groups excluding carboxylic acids is 10. The van der Waals surface area contributed by atoms with Gasteiger partial charge < -0.3 is 209 Å². The largest absolute Gasteiger partial charge is 0.504 e. The summed E-state index contributed by atoms with van der Waals surface area (Å²) in [6.07, 6.45) is -30.2. The number of phenols is 28. The molecule has 52 heteroatoms. The van der Waals surface area contributed by atoms with Gasteiger partial charge >= 0.3 is 59.7 Å². The molecule has 6 heterocycles. The summed E-state index contributed by atoms with van der Waals surface area (Å²) in [5, 5.41) is 314. The van der Waals surface area contributed by atoms with Crippen LogP contribution in [0.25, 0.3) is 22.3 Å². The Morgan fingerprint density at radius 1 is 0.239 bits per heavy atom. The first-order valence-electron chi connectivity index (χ1n) is 37.1. The lowest BCUT2D eigenvalue weighted by Crippen LogP contribution is -2.63. The van der Waals surface area contributed by atoms with Gasteiger partial charge in [-0.1, -0.05) is 0 Å². The van der Waals surface area contributed by atoms with Crippen LogP contribution in [0.4, 0.5) is 0 Å². The molecule has 9 bridgehead atoms. The molecule has 16 rings (SSSR count). The Balaban J connectivity index is 1.02. The van der Waals surface area contributed by atoms with Crippen molar-refractivity contribution < 1.29 is 257 Å². The highest BCUT2D eigenvalue weighted by molar-refractivity contribution is 6.11. The van der Waals surface area contributed by atoms with Gasteiger partial charge in [0.05, 0.1) is 44.5 Å². The highest BCUT2D eigenvalue weighted by Crippen LogP contribution is 2.60. The first-order chi connectivity index (χ1) is 63.1. The number of ether oxygens (including phenoxy) is 14. The van der Waals surface area contributed by atoms with Gasteiger partial charge in [-0.05, 0) is 60.7 Å². The van der Waals surface area contributed by atoms with Crippen molar-refractivity contribution >= 4 is 59.7 Å². The van der Waals surface area contributed by atoms with E-state index in [9.17, 15) is 167 Å². The van der Waals surface area contributed by atoms with E-state index in [2.05, 4.69) is 0 Å². The van der Waals surface area contributed by atoms with Crippen LogP contribution >= 0.6 is 0 Å². The maximum atomic E-state index is 16.1. The number of carbonyl (C=O) groups is 10. The van der Waals surface area contributed by atoms with Crippen molar-refractivity contribution in [2.75, 3.05) is 13.2 Å². The van der Waals surface area contributed by atoms with E-state index in [0.29, 0.717) is 48.5 Å². The lowest BCUT2D eigenvalue weighted by Gasteiger charge is -2.44. The number of rotatable bonds is 8. The Morgan fingerprint density at radius 3 is 0.761 bits per heavy atom. The summed E-state index contributed by atoms with van der Waals surface area (Å²) in [5.74, 6) is -73.0. The fraction of sp³-hybridized carbons (Fsp3) is 0.146. The van der Waals surface area contributed by atoms with Gasteiger partial charge in [0.25, 0.3) is 0 Å². The molecule has 2 fully saturated rings. The van der Waals surface area contributed by atoms with Crippen molar-refractivity contribution in [3.63, 3.8) is 0 Å². The summed E-state index contributed by atoms with van der Waals surface area (Å²) in [7, 11) is 0. The zero-order valence-electron chi connectivity index (χ0n) is 65.6. The Bertz CT molecular complexity index is 6660. The van der Waals surface area contributed by atoms with E-state index < -0.39 is 396 Å². The molecule has 0 spiro atoms. The molecule has 0 amide bonds. The SMILES string of the molecule is O=C(OC1OC2COC(=O)c3cc4c(O)c(O)c3-c3c(cc(O)c(O)c3O)C(=O)OC2C(OC(=O)c2cc(O)c(O)c(O)c2)C1OC(=O)c1cc(O)c(O)c(O)c1Oc1cc2c(c(O)c1O)-c1c(cc(O)c(O)c1O)C(=O)OCC1OC(OC(=O)c3cc(O)c(O)c(O)c3)C(OC(=O)c3cc(O)c(O)c(O)c3O4)C(OC(=O)c3cc(O)c(O)c(O)c3)C1OC2=O)c1cc(O)c(O)c(O)c1. The molecular weight excluding hydrogens is 1820 g/mol. The Labute approximate surface area is 735 Å². The zero-order chi connectivity index (χ0) is 97.3. The van der Waals surface area contributed by atoms with Crippen LogP contribution in [0.15, 0.2) is 84.9 Å². The number of hydrogen-bond acceptors (Lipinski definition) is 52. The van der Waals surface area contributed by atoms with Crippen molar-refractivity contribution in [3.05, 3.63) is 141 Å². The van der Waals surface area contributed by atoms with Gasteiger partial charge in [0, 0.05) is 46.5 Å². The van der Waals surface area contributed by atoms with Gasteiger partial charge in [-0.25, -0.2) is 47.9 Å². The summed E-state index contributed by atoms with van der Waals surface area (Å²) in [6.45, 7) is -3.41. The molecule has 6 aliphatic heterocycles. The Morgan fingerprint density at radius 2 is 0.463 bits per heavy atom. The van der Waals surface area contributed by atoms with Gasteiger partial charge in [-0.15, -0.1) is 0 Å². The second-order valence-corrected chi connectivity index (χ2v) is 28.9. The molecule has 10 atom stereocenters. The maximum absolute atomic E-state index is 16.1. The second kappa shape index (κ2) is 33.2. The summed E-state index contributed by atoms with van der Waals surface area (Å²) in [5.41, 5.74) is -19.8. The van der Waals surface area contributed by atoms with E-state index in [0.717, 1.165) is 0 Å². The highest BCUT2D eigenvalue weighted by Gasteiger charge is 2.59. The number of esters is 10. The van der Waals surface area contributed by atoms with Crippen molar-refractivity contribution in [1.29, 1.82) is 0 Å². The standard InChI is InChI=1S/C82H56O52/c83-27-1-17(2-28(84)47(27)95)71(111)129-67-65-42-16-122-76(116)23-13-39(55(103)59(107)45(23)44-22(77(117)127-65)10-36(92)52(100)58(44)106)123-63-25(11-37(93)53(101)61(63)109)79(119)132-70-68(130-72(112)18-3-29(85)48(96)30(86)4-18)66-41(125-82(70)134-74(114)20-7-33(89)50(98)34(90)8-20)15-121-75(115)21-9-35(91)51(99)57(105)43(21)46-24(78(118)128-66)14-40(56(104)60(46)108)124-64-26(12-38(94)54(102)62(64)110)80(120)131-69(67)81(126-42)133-73(113)19-5-31(87)49(97)32(88)6-19/h1-14,41-42,65-70,81-110H,15-16H2. The fourth-order valence-electron chi connectivity index (χ4n) is 14.2. The molecule has 52 nitrogen and oxygen atoms in total. The van der Waals surface area contributed by atoms with Crippen LogP contribution in [-0.2, 0) is 56.8 Å². The molecule has 0 radical (unpaired) electrons. The predicted molar refractivity (Wildman–Crippen MR) is 413 cm³/mol. The van der Waals surface area contributed by atoms with E-state index in [1.54, 1.807) is 0 Å². The molecule has 10 aromatic carbocycles. The molecule has 696 valence electrons. The van der Waals surface area contributed by atoms with E-state index in [1.807, 2.05) is 0 Å². The minimum Gasteiger partial charge on any atom is -0.504 e. The van der Waals surface area contributed by atoms with Crippen molar-refractivity contribution in [2.24, 2.45) is 0 Å². The quantitative estimate of drug-likeness (QED) is 0.0577. The third-order valence-electron chi connectivity index (χ3n) is 20.7. The summed E-state index contributed by atoms with van der Waals surface area (Å²) < 4.78 is 81.2. The van der Waals surface area contributed by atoms with Crippen molar-refractivity contribution in [3.8, 4) is 206 Å². The average molecular weight is 1870 g/mol. The summed E-state index contributed by atoms with van der Waals surface area (Å²) >= 11 is 0. The minimum absolute atomic E-state index is 0.0418. The van der Waals surface area contributed by atoms with E-state index >= 15 is 24.0 Å². The van der Waals surface area contributed by atoms with Crippen LogP contribution in [0.1, 0.15) is 104 Å². The highest BCUT2D eigenvalue weighted by atomic mass is 16.8. The Kier molecular flexibility index (Phi) is 22.2. The molecule has 10 unspecified atom stereocenters. The minimum atomic E-state index is -3.20. The first-order valence-corrected chi connectivity index (χ1v) is 37.1. The van der Waals surface area contributed by atoms with Gasteiger partial charge in [0.1, 0.15) is 36.5 Å². The molecule has 0 aromatic heterocycles. The van der Waals surface area contributed by atoms with Gasteiger partial charge in [-0.2, -0.15) is 0 Å². The van der Waals surface area contributed by atoms with Crippen LogP contribution in [0.2, 0.25) is 0 Å². The third kappa shape index (κ3) is 15.4. The van der Waals surface area contributed by atoms with E-state index in [4.69, 9.17) is 66.3 Å². The Hall–Kier alpha value is -19.2. The first kappa shape index (κ1) is 89.6. The smallest absolute Gasteiger partial charge is 0.342 e.